The number of nitrogens with one attached hydrogen (secondary N) is 1. The molecule has 0 atom stereocenters. The summed E-state index contributed by atoms with van der Waals surface area (Å²) in [6.07, 6.45) is 1.16. The zero-order valence-corrected chi connectivity index (χ0v) is 12.6. The van der Waals surface area contributed by atoms with Crippen LogP contribution in [-0.4, -0.2) is 19.7 Å². The van der Waals surface area contributed by atoms with E-state index in [1.54, 1.807) is 18.2 Å². The van der Waals surface area contributed by atoms with Crippen LogP contribution in [0.25, 0.3) is 10.2 Å². The number of nitrogens with zero attached hydrogens (tertiary/aromatic N) is 1. The highest BCUT2D eigenvalue weighted by Gasteiger charge is 2.08. The van der Waals surface area contributed by atoms with Crippen molar-refractivity contribution in [3.05, 3.63) is 48.3 Å². The first-order valence-electron chi connectivity index (χ1n) is 6.05. The fourth-order valence-electron chi connectivity index (χ4n) is 1.86. The van der Waals surface area contributed by atoms with Crippen LogP contribution in [0.2, 0.25) is 0 Å². The molecule has 108 valence electrons. The molecule has 0 amide bonds. The van der Waals surface area contributed by atoms with Crippen LogP contribution in [-0.2, 0) is 9.84 Å². The lowest BCUT2D eigenvalue weighted by atomic mass is 10.3. The van der Waals surface area contributed by atoms with Crippen LogP contribution in [0.5, 0.6) is 0 Å². The second-order valence-electron chi connectivity index (χ2n) is 4.55. The van der Waals surface area contributed by atoms with Gasteiger partial charge in [-0.1, -0.05) is 11.3 Å². The molecule has 2 aromatic carbocycles. The van der Waals surface area contributed by atoms with Crippen molar-refractivity contribution in [2.75, 3.05) is 11.6 Å². The summed E-state index contributed by atoms with van der Waals surface area (Å²) in [6.45, 7) is 0. The van der Waals surface area contributed by atoms with Gasteiger partial charge in [0.1, 0.15) is 5.82 Å². The van der Waals surface area contributed by atoms with E-state index >= 15 is 0 Å². The molecule has 7 heteroatoms. The van der Waals surface area contributed by atoms with Gasteiger partial charge in [0.2, 0.25) is 0 Å². The van der Waals surface area contributed by atoms with Gasteiger partial charge in [0.15, 0.2) is 15.0 Å². The molecule has 0 unspecified atom stereocenters. The first-order valence-corrected chi connectivity index (χ1v) is 8.76. The molecule has 21 heavy (non-hydrogen) atoms. The molecule has 3 aromatic rings. The van der Waals surface area contributed by atoms with Gasteiger partial charge in [-0.15, -0.1) is 0 Å². The molecule has 0 aliphatic rings. The molecule has 3 rings (SSSR count). The topological polar surface area (TPSA) is 59.1 Å². The monoisotopic (exact) mass is 322 g/mol. The maximum absolute atomic E-state index is 13.1. The number of hydrogen-bond donors (Lipinski definition) is 1. The largest absolute Gasteiger partial charge is 0.332 e. The maximum atomic E-state index is 13.1. The van der Waals surface area contributed by atoms with Crippen molar-refractivity contribution in [3.63, 3.8) is 0 Å². The normalized spacial score (nSPS) is 11.7. The highest BCUT2D eigenvalue weighted by molar-refractivity contribution is 7.90. The minimum atomic E-state index is -3.20. The van der Waals surface area contributed by atoms with Gasteiger partial charge in [0.25, 0.3) is 0 Å². The Labute approximate surface area is 125 Å². The van der Waals surface area contributed by atoms with Crippen LogP contribution in [0.3, 0.4) is 0 Å². The third-order valence-corrected chi connectivity index (χ3v) is 4.95. The van der Waals surface area contributed by atoms with Gasteiger partial charge in [-0.2, -0.15) is 0 Å². The predicted octanol–water partition coefficient (Wildman–Crippen LogP) is 3.58. The van der Waals surface area contributed by atoms with Crippen molar-refractivity contribution in [2.45, 2.75) is 4.90 Å². The molecular weight excluding hydrogens is 311 g/mol. The summed E-state index contributed by atoms with van der Waals surface area (Å²) in [6, 6.07) is 10.8. The van der Waals surface area contributed by atoms with E-state index < -0.39 is 9.84 Å². The molecule has 0 saturated heterocycles. The van der Waals surface area contributed by atoms with Gasteiger partial charge in [0.05, 0.1) is 15.1 Å². The number of thiazole rings is 1. The fraction of sp³-hybridized carbons (Fsp3) is 0.0714. The quantitative estimate of drug-likeness (QED) is 0.800. The highest BCUT2D eigenvalue weighted by Crippen LogP contribution is 2.29. The summed E-state index contributed by atoms with van der Waals surface area (Å²) >= 11 is 1.34. The Morgan fingerprint density at radius 1 is 1.14 bits per heavy atom. The third-order valence-electron chi connectivity index (χ3n) is 2.88. The Morgan fingerprint density at radius 2 is 1.86 bits per heavy atom. The summed E-state index contributed by atoms with van der Waals surface area (Å²) in [7, 11) is -3.20. The van der Waals surface area contributed by atoms with Gasteiger partial charge in [-0.3, -0.25) is 0 Å². The fourth-order valence-corrected chi connectivity index (χ4v) is 3.40. The van der Waals surface area contributed by atoms with Crippen LogP contribution in [0.15, 0.2) is 47.4 Å². The van der Waals surface area contributed by atoms with E-state index in [1.807, 2.05) is 0 Å². The number of rotatable bonds is 3. The lowest BCUT2D eigenvalue weighted by Crippen LogP contribution is -1.97. The average molecular weight is 322 g/mol. The van der Waals surface area contributed by atoms with Crippen molar-refractivity contribution in [2.24, 2.45) is 0 Å². The van der Waals surface area contributed by atoms with Crippen molar-refractivity contribution >= 4 is 42.2 Å². The van der Waals surface area contributed by atoms with E-state index in [2.05, 4.69) is 10.3 Å². The number of aromatic nitrogens is 1. The van der Waals surface area contributed by atoms with E-state index in [4.69, 9.17) is 0 Å². The number of fused-ring (bicyclic) bond motifs is 1. The first-order chi connectivity index (χ1) is 9.91. The van der Waals surface area contributed by atoms with E-state index in [9.17, 15) is 12.8 Å². The number of sulfone groups is 1. The minimum absolute atomic E-state index is 0.263. The van der Waals surface area contributed by atoms with Crippen LogP contribution in [0.1, 0.15) is 0 Å². The second kappa shape index (κ2) is 5.09. The Bertz CT molecular complexity index is 902. The lowest BCUT2D eigenvalue weighted by molar-refractivity contribution is 0.602. The summed E-state index contributed by atoms with van der Waals surface area (Å²) in [5, 5.41) is 3.71. The standard InChI is InChI=1S/C14H11FN2O2S2/c1-21(18,19)11-5-3-10(4-6-11)16-14-17-12-7-2-9(15)8-13(12)20-14/h2-8H,1H3,(H,16,17). The molecular formula is C14H11FN2O2S2. The minimum Gasteiger partial charge on any atom is -0.332 e. The highest BCUT2D eigenvalue weighted by atomic mass is 32.2. The lowest BCUT2D eigenvalue weighted by Gasteiger charge is -2.03. The van der Waals surface area contributed by atoms with Gasteiger partial charge in [-0.25, -0.2) is 17.8 Å². The maximum Gasteiger partial charge on any atom is 0.188 e. The van der Waals surface area contributed by atoms with Crippen molar-refractivity contribution in [3.8, 4) is 0 Å². The van der Waals surface area contributed by atoms with E-state index in [0.29, 0.717) is 5.13 Å². The van der Waals surface area contributed by atoms with Crippen LogP contribution < -0.4 is 5.32 Å². The molecule has 1 heterocycles. The van der Waals surface area contributed by atoms with Crippen LogP contribution in [0.4, 0.5) is 15.2 Å². The Hall–Kier alpha value is -1.99. The molecule has 0 fully saturated rings. The van der Waals surface area contributed by atoms with E-state index in [1.165, 1.54) is 35.6 Å². The number of hydrogen-bond acceptors (Lipinski definition) is 5. The molecule has 0 radical (unpaired) electrons. The number of benzene rings is 2. The molecule has 0 saturated carbocycles. The predicted molar refractivity (Wildman–Crippen MR) is 82.4 cm³/mol. The molecule has 4 nitrogen and oxygen atoms in total. The zero-order valence-electron chi connectivity index (χ0n) is 11.0. The van der Waals surface area contributed by atoms with E-state index in [-0.39, 0.29) is 10.7 Å². The van der Waals surface area contributed by atoms with Gasteiger partial charge in [-0.05, 0) is 42.5 Å². The van der Waals surface area contributed by atoms with Crippen LogP contribution in [0, 0.1) is 5.82 Å². The summed E-state index contributed by atoms with van der Waals surface area (Å²) in [5.41, 5.74) is 1.44. The molecule has 0 aliphatic carbocycles. The number of anilines is 2. The van der Waals surface area contributed by atoms with Crippen LogP contribution >= 0.6 is 11.3 Å². The zero-order chi connectivity index (χ0) is 15.0. The van der Waals surface area contributed by atoms with Gasteiger partial charge in [0, 0.05) is 11.9 Å². The Kier molecular flexibility index (Phi) is 3.38. The molecule has 1 N–H and O–H groups in total. The van der Waals surface area contributed by atoms with Crippen molar-refractivity contribution < 1.29 is 12.8 Å². The molecule has 0 aliphatic heterocycles. The van der Waals surface area contributed by atoms with Gasteiger partial charge >= 0.3 is 0 Å². The molecule has 0 spiro atoms. The second-order valence-corrected chi connectivity index (χ2v) is 7.60. The Balaban J connectivity index is 1.88. The van der Waals surface area contributed by atoms with E-state index in [0.717, 1.165) is 22.2 Å². The van der Waals surface area contributed by atoms with Crippen molar-refractivity contribution in [1.82, 2.24) is 4.98 Å². The smallest absolute Gasteiger partial charge is 0.188 e. The Morgan fingerprint density at radius 3 is 2.52 bits per heavy atom. The number of halogens is 1. The molecule has 1 aromatic heterocycles. The third kappa shape index (κ3) is 3.03. The average Bonchev–Trinajstić information content (AvgIpc) is 2.79. The van der Waals surface area contributed by atoms with Crippen molar-refractivity contribution in [1.29, 1.82) is 0 Å². The summed E-state index contributed by atoms with van der Waals surface area (Å²) in [4.78, 5) is 4.61. The first kappa shape index (κ1) is 14.0. The molecule has 0 bridgehead atoms. The summed E-state index contributed by atoms with van der Waals surface area (Å²) in [5.74, 6) is -0.296. The SMILES string of the molecule is CS(=O)(=O)c1ccc(Nc2nc3ccc(F)cc3s2)cc1. The summed E-state index contributed by atoms with van der Waals surface area (Å²) < 4.78 is 36.7. The van der Waals surface area contributed by atoms with Gasteiger partial charge < -0.3 is 5.32 Å².